The van der Waals surface area contributed by atoms with Gasteiger partial charge in [-0.15, -0.1) is 0 Å². The first-order chi connectivity index (χ1) is 6.66. The fraction of sp³-hybridized carbons (Fsp3) is 0.182. The van der Waals surface area contributed by atoms with Gasteiger partial charge in [0.05, 0.1) is 0 Å². The molecule has 0 heterocycles. The average molecular weight is 188 g/mol. The predicted molar refractivity (Wildman–Crippen MR) is 56.3 cm³/mol. The SMILES string of the molecule is N=C(N)C1=Cc2ccc(O)cc2CC1. The summed E-state index contributed by atoms with van der Waals surface area (Å²) in [4.78, 5) is 0. The third-order valence-corrected chi connectivity index (χ3v) is 2.47. The van der Waals surface area contributed by atoms with Crippen molar-refractivity contribution in [2.45, 2.75) is 12.8 Å². The third-order valence-electron chi connectivity index (χ3n) is 2.47. The molecule has 0 atom stereocenters. The van der Waals surface area contributed by atoms with Crippen molar-refractivity contribution in [3.63, 3.8) is 0 Å². The normalized spacial score (nSPS) is 14.4. The average Bonchev–Trinajstić information content (AvgIpc) is 2.16. The van der Waals surface area contributed by atoms with Crippen LogP contribution in [0.2, 0.25) is 0 Å². The van der Waals surface area contributed by atoms with Gasteiger partial charge in [0.15, 0.2) is 0 Å². The van der Waals surface area contributed by atoms with Crippen molar-refractivity contribution >= 4 is 11.9 Å². The number of benzene rings is 1. The molecule has 0 fully saturated rings. The summed E-state index contributed by atoms with van der Waals surface area (Å²) in [7, 11) is 0. The highest BCUT2D eigenvalue weighted by Crippen LogP contribution is 2.26. The van der Waals surface area contributed by atoms with Crippen LogP contribution in [0.1, 0.15) is 17.5 Å². The van der Waals surface area contributed by atoms with E-state index >= 15 is 0 Å². The number of fused-ring (bicyclic) bond motifs is 1. The summed E-state index contributed by atoms with van der Waals surface area (Å²) >= 11 is 0. The molecule has 0 amide bonds. The number of hydrogen-bond donors (Lipinski definition) is 3. The molecule has 0 saturated carbocycles. The van der Waals surface area contributed by atoms with E-state index in [4.69, 9.17) is 11.1 Å². The third kappa shape index (κ3) is 1.48. The Morgan fingerprint density at radius 3 is 2.86 bits per heavy atom. The molecule has 0 saturated heterocycles. The van der Waals surface area contributed by atoms with Gasteiger partial charge in [-0.2, -0.15) is 0 Å². The zero-order chi connectivity index (χ0) is 10.1. The summed E-state index contributed by atoms with van der Waals surface area (Å²) in [5.41, 5.74) is 8.47. The second kappa shape index (κ2) is 3.18. The number of phenolic OH excluding ortho intramolecular Hbond substituents is 1. The van der Waals surface area contributed by atoms with Crippen LogP contribution in [0.25, 0.3) is 6.08 Å². The molecule has 3 nitrogen and oxygen atoms in total. The monoisotopic (exact) mass is 188 g/mol. The molecule has 0 unspecified atom stereocenters. The van der Waals surface area contributed by atoms with Crippen LogP contribution in [0.4, 0.5) is 0 Å². The maximum absolute atomic E-state index is 9.28. The van der Waals surface area contributed by atoms with Crippen molar-refractivity contribution in [3.05, 3.63) is 34.9 Å². The zero-order valence-electron chi connectivity index (χ0n) is 7.75. The van der Waals surface area contributed by atoms with Crippen molar-refractivity contribution in [3.8, 4) is 5.75 Å². The zero-order valence-corrected chi connectivity index (χ0v) is 7.75. The molecule has 0 spiro atoms. The Hall–Kier alpha value is -1.77. The van der Waals surface area contributed by atoms with Crippen molar-refractivity contribution in [1.29, 1.82) is 5.41 Å². The first-order valence-electron chi connectivity index (χ1n) is 4.53. The highest BCUT2D eigenvalue weighted by atomic mass is 16.3. The minimum absolute atomic E-state index is 0.142. The van der Waals surface area contributed by atoms with Gasteiger partial charge in [-0.05, 0) is 47.8 Å². The second-order valence-electron chi connectivity index (χ2n) is 3.47. The van der Waals surface area contributed by atoms with Crippen LogP contribution in [0.15, 0.2) is 23.8 Å². The molecule has 3 heteroatoms. The number of rotatable bonds is 1. The second-order valence-corrected chi connectivity index (χ2v) is 3.47. The lowest BCUT2D eigenvalue weighted by molar-refractivity contribution is 0.474. The van der Waals surface area contributed by atoms with Crippen molar-refractivity contribution in [1.82, 2.24) is 0 Å². The quantitative estimate of drug-likeness (QED) is 0.463. The van der Waals surface area contributed by atoms with E-state index in [1.165, 1.54) is 0 Å². The molecular weight excluding hydrogens is 176 g/mol. The standard InChI is InChI=1S/C11H12N2O/c12-11(13)9-2-1-8-6-10(14)4-3-7(8)5-9/h3-6,14H,1-2H2,(H3,12,13). The van der Waals surface area contributed by atoms with Crippen LogP contribution >= 0.6 is 0 Å². The van der Waals surface area contributed by atoms with Crippen molar-refractivity contribution < 1.29 is 5.11 Å². The number of aryl methyl sites for hydroxylation is 1. The molecule has 1 aromatic rings. The van der Waals surface area contributed by atoms with E-state index in [1.54, 1.807) is 12.1 Å². The smallest absolute Gasteiger partial charge is 0.118 e. The summed E-state index contributed by atoms with van der Waals surface area (Å²) < 4.78 is 0. The largest absolute Gasteiger partial charge is 0.508 e. The van der Waals surface area contributed by atoms with Gasteiger partial charge in [0, 0.05) is 0 Å². The molecular formula is C11H12N2O. The van der Waals surface area contributed by atoms with E-state index < -0.39 is 0 Å². The lowest BCUT2D eigenvalue weighted by Gasteiger charge is -2.15. The summed E-state index contributed by atoms with van der Waals surface area (Å²) in [6.45, 7) is 0. The fourth-order valence-corrected chi connectivity index (χ4v) is 1.69. The first kappa shape index (κ1) is 8.81. The Bertz CT molecular complexity index is 421. The van der Waals surface area contributed by atoms with E-state index in [2.05, 4.69) is 0 Å². The number of nitrogens with one attached hydrogen (secondary N) is 1. The molecule has 14 heavy (non-hydrogen) atoms. The van der Waals surface area contributed by atoms with Gasteiger partial charge >= 0.3 is 0 Å². The van der Waals surface area contributed by atoms with Gasteiger partial charge in [0.1, 0.15) is 11.6 Å². The van der Waals surface area contributed by atoms with E-state index in [9.17, 15) is 5.11 Å². The molecule has 0 aromatic heterocycles. The first-order valence-corrected chi connectivity index (χ1v) is 4.53. The van der Waals surface area contributed by atoms with Gasteiger partial charge in [0.25, 0.3) is 0 Å². The van der Waals surface area contributed by atoms with Gasteiger partial charge in [-0.1, -0.05) is 6.07 Å². The number of amidine groups is 1. The Labute approximate surface area is 82.4 Å². The maximum atomic E-state index is 9.28. The molecule has 1 aliphatic carbocycles. The summed E-state index contributed by atoms with van der Waals surface area (Å²) in [5, 5.41) is 16.6. The van der Waals surface area contributed by atoms with E-state index in [0.717, 1.165) is 29.5 Å². The Kier molecular flexibility index (Phi) is 2.00. The van der Waals surface area contributed by atoms with Crippen LogP contribution in [0.3, 0.4) is 0 Å². The molecule has 2 rings (SSSR count). The highest BCUT2D eigenvalue weighted by Gasteiger charge is 2.12. The Morgan fingerprint density at radius 2 is 2.14 bits per heavy atom. The lowest BCUT2D eigenvalue weighted by Crippen LogP contribution is -2.15. The molecule has 0 bridgehead atoms. The van der Waals surface area contributed by atoms with Crippen molar-refractivity contribution in [2.75, 3.05) is 0 Å². The van der Waals surface area contributed by atoms with Crippen LogP contribution in [0, 0.1) is 5.41 Å². The van der Waals surface area contributed by atoms with Gasteiger partial charge in [-0.3, -0.25) is 5.41 Å². The predicted octanol–water partition coefficient (Wildman–Crippen LogP) is 1.66. The number of hydrogen-bond acceptors (Lipinski definition) is 2. The molecule has 4 N–H and O–H groups in total. The van der Waals surface area contributed by atoms with Gasteiger partial charge in [0.2, 0.25) is 0 Å². The van der Waals surface area contributed by atoms with E-state index in [1.807, 2.05) is 12.1 Å². The van der Waals surface area contributed by atoms with Gasteiger partial charge in [-0.25, -0.2) is 0 Å². The molecule has 0 radical (unpaired) electrons. The number of nitrogens with two attached hydrogens (primary N) is 1. The van der Waals surface area contributed by atoms with Crippen LogP contribution < -0.4 is 5.73 Å². The molecule has 72 valence electrons. The minimum Gasteiger partial charge on any atom is -0.508 e. The summed E-state index contributed by atoms with van der Waals surface area (Å²) in [6.07, 6.45) is 3.54. The van der Waals surface area contributed by atoms with Crippen LogP contribution in [0.5, 0.6) is 5.75 Å². The maximum Gasteiger partial charge on any atom is 0.118 e. The number of aromatic hydroxyl groups is 1. The Balaban J connectivity index is 2.45. The molecule has 1 aliphatic rings. The fourth-order valence-electron chi connectivity index (χ4n) is 1.69. The topological polar surface area (TPSA) is 70.1 Å². The van der Waals surface area contributed by atoms with E-state index in [-0.39, 0.29) is 5.84 Å². The minimum atomic E-state index is 0.142. The van der Waals surface area contributed by atoms with E-state index in [0.29, 0.717) is 5.75 Å². The summed E-state index contributed by atoms with van der Waals surface area (Å²) in [6, 6.07) is 5.27. The van der Waals surface area contributed by atoms with Crippen LogP contribution in [-0.2, 0) is 6.42 Å². The molecule has 0 aliphatic heterocycles. The Morgan fingerprint density at radius 1 is 1.36 bits per heavy atom. The number of phenols is 1. The van der Waals surface area contributed by atoms with Crippen LogP contribution in [-0.4, -0.2) is 10.9 Å². The lowest BCUT2D eigenvalue weighted by atomic mass is 9.91. The molecule has 1 aromatic carbocycles. The van der Waals surface area contributed by atoms with Gasteiger partial charge < -0.3 is 10.8 Å². The van der Waals surface area contributed by atoms with Crippen molar-refractivity contribution in [2.24, 2.45) is 5.73 Å². The highest BCUT2D eigenvalue weighted by molar-refractivity contribution is 5.99. The summed E-state index contributed by atoms with van der Waals surface area (Å²) in [5.74, 6) is 0.437.